The fraction of sp³-hybridized carbons (Fsp3) is 1.00. The molecule has 4 nitrogen and oxygen atoms in total. The highest BCUT2D eigenvalue weighted by atomic mass is 16.5. The summed E-state index contributed by atoms with van der Waals surface area (Å²) in [5.74, 6) is 0. The lowest BCUT2D eigenvalue weighted by Gasteiger charge is -2.29. The number of methoxy groups -OCH3 is 2. The molecular weight excluding hydrogens is 228 g/mol. The van der Waals surface area contributed by atoms with Gasteiger partial charge in [0.2, 0.25) is 0 Å². The van der Waals surface area contributed by atoms with Gasteiger partial charge in [0.1, 0.15) is 0 Å². The van der Waals surface area contributed by atoms with Gasteiger partial charge in [-0.2, -0.15) is 0 Å². The fourth-order valence-corrected chi connectivity index (χ4v) is 2.70. The molecule has 0 bridgehead atoms. The van der Waals surface area contributed by atoms with E-state index in [2.05, 4.69) is 4.90 Å². The van der Waals surface area contributed by atoms with E-state index in [1.807, 2.05) is 0 Å². The summed E-state index contributed by atoms with van der Waals surface area (Å²) < 4.78 is 10.3. The summed E-state index contributed by atoms with van der Waals surface area (Å²) >= 11 is 0. The normalized spacial score (nSPS) is 18.7. The zero-order valence-corrected chi connectivity index (χ0v) is 12.1. The molecule has 0 aromatic rings. The van der Waals surface area contributed by atoms with E-state index >= 15 is 0 Å². The first-order valence-electron chi connectivity index (χ1n) is 7.19. The summed E-state index contributed by atoms with van der Waals surface area (Å²) in [5.41, 5.74) is 6.51. The van der Waals surface area contributed by atoms with Crippen LogP contribution in [0, 0.1) is 0 Å². The number of rotatable bonds is 10. The van der Waals surface area contributed by atoms with Gasteiger partial charge < -0.3 is 20.1 Å². The van der Waals surface area contributed by atoms with Crippen LogP contribution in [0.15, 0.2) is 0 Å². The molecule has 0 unspecified atom stereocenters. The molecule has 0 aliphatic heterocycles. The highest BCUT2D eigenvalue weighted by molar-refractivity contribution is 4.89. The maximum Gasteiger partial charge on any atom is 0.0589 e. The van der Waals surface area contributed by atoms with Crippen molar-refractivity contribution in [2.75, 3.05) is 47.1 Å². The van der Waals surface area contributed by atoms with Crippen LogP contribution in [-0.4, -0.2) is 57.5 Å². The molecule has 2 N–H and O–H groups in total. The average Bonchev–Trinajstić information content (AvgIpc) is 2.80. The van der Waals surface area contributed by atoms with Crippen LogP contribution in [0.5, 0.6) is 0 Å². The van der Waals surface area contributed by atoms with Gasteiger partial charge in [-0.05, 0) is 32.2 Å². The van der Waals surface area contributed by atoms with E-state index in [-0.39, 0.29) is 5.54 Å². The van der Waals surface area contributed by atoms with E-state index in [1.54, 1.807) is 14.2 Å². The second kappa shape index (κ2) is 8.86. The van der Waals surface area contributed by atoms with Gasteiger partial charge in [-0.3, -0.25) is 0 Å². The molecule has 1 aliphatic rings. The summed E-state index contributed by atoms with van der Waals surface area (Å²) in [6.07, 6.45) is 7.20. The first kappa shape index (κ1) is 15.9. The molecule has 108 valence electrons. The second-order valence-electron chi connectivity index (χ2n) is 5.50. The van der Waals surface area contributed by atoms with Crippen LogP contribution >= 0.6 is 0 Å². The van der Waals surface area contributed by atoms with E-state index < -0.39 is 0 Å². The molecule has 0 aromatic carbocycles. The van der Waals surface area contributed by atoms with Gasteiger partial charge in [0.15, 0.2) is 0 Å². The average molecular weight is 258 g/mol. The topological polar surface area (TPSA) is 47.7 Å². The Kier molecular flexibility index (Phi) is 7.82. The van der Waals surface area contributed by atoms with E-state index in [4.69, 9.17) is 15.2 Å². The van der Waals surface area contributed by atoms with Crippen LogP contribution in [0.4, 0.5) is 0 Å². The van der Waals surface area contributed by atoms with Gasteiger partial charge in [0.25, 0.3) is 0 Å². The Labute approximate surface area is 112 Å². The standard InChI is InChI=1S/C14H30N2O2/c1-17-12-5-9-16(11-13-18-2)10-8-14(15)6-3-4-7-14/h3-13,15H2,1-2H3. The maximum atomic E-state index is 6.41. The van der Waals surface area contributed by atoms with Crippen LogP contribution in [0.2, 0.25) is 0 Å². The lowest BCUT2D eigenvalue weighted by molar-refractivity contribution is 0.127. The van der Waals surface area contributed by atoms with Gasteiger partial charge in [-0.25, -0.2) is 0 Å². The number of nitrogens with zero attached hydrogens (tertiary/aromatic N) is 1. The van der Waals surface area contributed by atoms with Crippen molar-refractivity contribution in [2.24, 2.45) is 5.73 Å². The molecule has 1 saturated carbocycles. The molecule has 0 amide bonds. The van der Waals surface area contributed by atoms with E-state index in [0.29, 0.717) is 0 Å². The molecule has 4 heteroatoms. The van der Waals surface area contributed by atoms with Crippen molar-refractivity contribution < 1.29 is 9.47 Å². The third-order valence-corrected chi connectivity index (χ3v) is 3.96. The van der Waals surface area contributed by atoms with Gasteiger partial charge in [0.05, 0.1) is 6.61 Å². The van der Waals surface area contributed by atoms with Crippen molar-refractivity contribution in [3.8, 4) is 0 Å². The quantitative estimate of drug-likeness (QED) is 0.605. The first-order valence-corrected chi connectivity index (χ1v) is 7.19. The van der Waals surface area contributed by atoms with Gasteiger partial charge in [0, 0.05) is 39.5 Å². The molecule has 0 aromatic heterocycles. The predicted molar refractivity (Wildman–Crippen MR) is 74.8 cm³/mol. The molecular formula is C14H30N2O2. The molecule has 0 spiro atoms. The predicted octanol–water partition coefficient (Wildman–Crippen LogP) is 1.63. The Balaban J connectivity index is 2.25. The number of hydrogen-bond donors (Lipinski definition) is 1. The number of ether oxygens (including phenoxy) is 2. The van der Waals surface area contributed by atoms with Crippen LogP contribution in [0.3, 0.4) is 0 Å². The van der Waals surface area contributed by atoms with Crippen LogP contribution < -0.4 is 5.73 Å². The first-order chi connectivity index (χ1) is 8.70. The lowest BCUT2D eigenvalue weighted by Crippen LogP contribution is -2.41. The van der Waals surface area contributed by atoms with Gasteiger partial charge in [-0.1, -0.05) is 12.8 Å². The minimum atomic E-state index is 0.104. The highest BCUT2D eigenvalue weighted by Crippen LogP contribution is 2.30. The van der Waals surface area contributed by atoms with Crippen LogP contribution in [-0.2, 0) is 9.47 Å². The van der Waals surface area contributed by atoms with Crippen molar-refractivity contribution in [1.29, 1.82) is 0 Å². The van der Waals surface area contributed by atoms with E-state index in [9.17, 15) is 0 Å². The van der Waals surface area contributed by atoms with E-state index in [1.165, 1.54) is 25.7 Å². The third kappa shape index (κ3) is 6.14. The van der Waals surface area contributed by atoms with Gasteiger partial charge in [-0.15, -0.1) is 0 Å². The molecule has 0 atom stereocenters. The van der Waals surface area contributed by atoms with Crippen LogP contribution in [0.25, 0.3) is 0 Å². The molecule has 1 fully saturated rings. The minimum Gasteiger partial charge on any atom is -0.385 e. The van der Waals surface area contributed by atoms with Crippen LogP contribution in [0.1, 0.15) is 38.5 Å². The largest absolute Gasteiger partial charge is 0.385 e. The Hall–Kier alpha value is -0.160. The monoisotopic (exact) mass is 258 g/mol. The van der Waals surface area contributed by atoms with Gasteiger partial charge >= 0.3 is 0 Å². The zero-order valence-electron chi connectivity index (χ0n) is 12.1. The Morgan fingerprint density at radius 3 is 2.28 bits per heavy atom. The molecule has 0 radical (unpaired) electrons. The Bertz CT molecular complexity index is 206. The second-order valence-corrected chi connectivity index (χ2v) is 5.50. The Morgan fingerprint density at radius 2 is 1.67 bits per heavy atom. The molecule has 18 heavy (non-hydrogen) atoms. The highest BCUT2D eigenvalue weighted by Gasteiger charge is 2.29. The molecule has 1 aliphatic carbocycles. The maximum absolute atomic E-state index is 6.41. The fourth-order valence-electron chi connectivity index (χ4n) is 2.70. The summed E-state index contributed by atoms with van der Waals surface area (Å²) in [6.45, 7) is 4.79. The smallest absolute Gasteiger partial charge is 0.0589 e. The third-order valence-electron chi connectivity index (χ3n) is 3.96. The summed E-state index contributed by atoms with van der Waals surface area (Å²) in [4.78, 5) is 2.45. The van der Waals surface area contributed by atoms with E-state index in [0.717, 1.165) is 45.7 Å². The minimum absolute atomic E-state index is 0.104. The van der Waals surface area contributed by atoms with Crippen molar-refractivity contribution in [3.63, 3.8) is 0 Å². The lowest BCUT2D eigenvalue weighted by atomic mass is 9.94. The van der Waals surface area contributed by atoms with Crippen molar-refractivity contribution in [1.82, 2.24) is 4.90 Å². The summed E-state index contributed by atoms with van der Waals surface area (Å²) in [7, 11) is 3.52. The van der Waals surface area contributed by atoms with Crippen molar-refractivity contribution in [2.45, 2.75) is 44.1 Å². The molecule has 0 heterocycles. The van der Waals surface area contributed by atoms with Crippen molar-refractivity contribution >= 4 is 0 Å². The zero-order chi connectivity index (χ0) is 13.3. The molecule has 0 saturated heterocycles. The van der Waals surface area contributed by atoms with Crippen molar-refractivity contribution in [3.05, 3.63) is 0 Å². The summed E-state index contributed by atoms with van der Waals surface area (Å²) in [5, 5.41) is 0. The Morgan fingerprint density at radius 1 is 1.00 bits per heavy atom. The number of nitrogens with two attached hydrogens (primary N) is 1. The number of hydrogen-bond acceptors (Lipinski definition) is 4. The SMILES string of the molecule is COCCCN(CCOC)CCC1(N)CCCC1. The summed E-state index contributed by atoms with van der Waals surface area (Å²) in [6, 6.07) is 0. The molecule has 1 rings (SSSR count).